The Labute approximate surface area is 167 Å². The summed E-state index contributed by atoms with van der Waals surface area (Å²) < 4.78 is 7.13. The lowest BCUT2D eigenvalue weighted by Gasteiger charge is -2.28. The molecule has 1 aliphatic heterocycles. The van der Waals surface area contributed by atoms with Crippen LogP contribution < -0.4 is 5.56 Å². The Morgan fingerprint density at radius 1 is 1.30 bits per heavy atom. The summed E-state index contributed by atoms with van der Waals surface area (Å²) in [5, 5.41) is 12.0. The highest BCUT2D eigenvalue weighted by Crippen LogP contribution is 2.34. The van der Waals surface area contributed by atoms with Gasteiger partial charge in [0.05, 0.1) is 24.7 Å². The van der Waals surface area contributed by atoms with Crippen molar-refractivity contribution < 1.29 is 9.84 Å². The Bertz CT molecular complexity index is 858. The van der Waals surface area contributed by atoms with Crippen molar-refractivity contribution in [3.05, 3.63) is 20.8 Å². The second kappa shape index (κ2) is 8.61. The van der Waals surface area contributed by atoms with Crippen LogP contribution in [0.1, 0.15) is 30.2 Å². The van der Waals surface area contributed by atoms with E-state index in [1.54, 1.807) is 15.9 Å². The summed E-state index contributed by atoms with van der Waals surface area (Å²) in [6, 6.07) is 0. The molecule has 8 heteroatoms. The van der Waals surface area contributed by atoms with Crippen molar-refractivity contribution in [2.45, 2.75) is 50.4 Å². The molecule has 0 amide bonds. The first-order chi connectivity index (χ1) is 13.2. The normalized spacial score (nSPS) is 19.3. The summed E-state index contributed by atoms with van der Waals surface area (Å²) >= 11 is 3.18. The van der Waals surface area contributed by atoms with Crippen molar-refractivity contribution in [2.75, 3.05) is 38.6 Å². The fourth-order valence-corrected chi connectivity index (χ4v) is 6.19. The Balaban J connectivity index is 1.53. The lowest BCUT2D eigenvalue weighted by molar-refractivity contribution is 0.0188. The molecule has 1 fully saturated rings. The summed E-state index contributed by atoms with van der Waals surface area (Å²) in [4.78, 5) is 22.4. The van der Waals surface area contributed by atoms with Gasteiger partial charge in [-0.1, -0.05) is 11.8 Å². The van der Waals surface area contributed by atoms with Crippen molar-refractivity contribution in [1.82, 2.24) is 14.5 Å². The van der Waals surface area contributed by atoms with Crippen molar-refractivity contribution in [2.24, 2.45) is 0 Å². The number of ether oxygens (including phenoxy) is 1. The molecule has 0 aromatic carbocycles. The van der Waals surface area contributed by atoms with Crippen LogP contribution in [0.4, 0.5) is 0 Å². The summed E-state index contributed by atoms with van der Waals surface area (Å²) in [6.45, 7) is 6.43. The molecule has 0 bridgehead atoms. The summed E-state index contributed by atoms with van der Waals surface area (Å²) in [5.41, 5.74) is 1.33. The standard InChI is InChI=1S/C19H27N3O3S2/c1-2-22-18(24)16-14-5-3-4-6-15(14)27-17(16)20-19(22)26-12-13(23)11-21-7-9-25-10-8-21/h13,23H,2-12H2,1H3/t13-/m1/s1. The number of thioether (sulfide) groups is 1. The molecule has 4 rings (SSSR count). The molecule has 2 aromatic rings. The van der Waals surface area contributed by atoms with Crippen LogP contribution in [0.2, 0.25) is 0 Å². The highest BCUT2D eigenvalue weighted by molar-refractivity contribution is 7.99. The molecule has 6 nitrogen and oxygen atoms in total. The third kappa shape index (κ3) is 4.10. The molecule has 0 unspecified atom stereocenters. The van der Waals surface area contributed by atoms with E-state index in [-0.39, 0.29) is 5.56 Å². The number of nitrogens with zero attached hydrogens (tertiary/aromatic N) is 3. The zero-order valence-corrected chi connectivity index (χ0v) is 17.4. The van der Waals surface area contributed by atoms with Crippen LogP contribution in [0.5, 0.6) is 0 Å². The number of β-amino-alcohol motifs (C(OH)–C–C–N with tert-alkyl or cyclic N) is 1. The van der Waals surface area contributed by atoms with E-state index < -0.39 is 6.10 Å². The third-order valence-corrected chi connectivity index (χ3v) is 7.64. The van der Waals surface area contributed by atoms with Gasteiger partial charge in [-0.05, 0) is 38.2 Å². The number of fused-ring (bicyclic) bond motifs is 3. The molecule has 3 heterocycles. The lowest BCUT2D eigenvalue weighted by atomic mass is 9.97. The van der Waals surface area contributed by atoms with Crippen molar-refractivity contribution in [3.63, 3.8) is 0 Å². The number of rotatable bonds is 6. The average molecular weight is 410 g/mol. The number of hydrogen-bond donors (Lipinski definition) is 1. The van der Waals surface area contributed by atoms with E-state index in [9.17, 15) is 9.90 Å². The van der Waals surface area contributed by atoms with E-state index in [0.717, 1.165) is 60.9 Å². The molecule has 1 aliphatic carbocycles. The minimum atomic E-state index is -0.442. The minimum Gasteiger partial charge on any atom is -0.391 e. The first-order valence-corrected chi connectivity index (χ1v) is 11.6. The van der Waals surface area contributed by atoms with Gasteiger partial charge >= 0.3 is 0 Å². The SMILES string of the molecule is CCn1c(SC[C@H](O)CN2CCOCC2)nc2sc3c(c2c1=O)CCCC3. The van der Waals surface area contributed by atoms with Gasteiger partial charge in [0.15, 0.2) is 5.16 Å². The zero-order chi connectivity index (χ0) is 18.8. The predicted octanol–water partition coefficient (Wildman–Crippen LogP) is 2.14. The quantitative estimate of drug-likeness (QED) is 0.582. The topological polar surface area (TPSA) is 67.6 Å². The smallest absolute Gasteiger partial charge is 0.263 e. The number of aliphatic hydroxyl groups is 1. The number of aliphatic hydroxyl groups excluding tert-OH is 1. The highest BCUT2D eigenvalue weighted by atomic mass is 32.2. The molecule has 0 saturated carbocycles. The average Bonchev–Trinajstić information content (AvgIpc) is 3.06. The summed E-state index contributed by atoms with van der Waals surface area (Å²) in [6.07, 6.45) is 4.00. The first-order valence-electron chi connectivity index (χ1n) is 9.83. The minimum absolute atomic E-state index is 0.0899. The number of aromatic nitrogens is 2. The van der Waals surface area contributed by atoms with Gasteiger partial charge in [0, 0.05) is 36.8 Å². The largest absolute Gasteiger partial charge is 0.391 e. The van der Waals surface area contributed by atoms with Crippen LogP contribution >= 0.6 is 23.1 Å². The molecule has 0 spiro atoms. The van der Waals surface area contributed by atoms with Gasteiger partial charge in [0.2, 0.25) is 0 Å². The van der Waals surface area contributed by atoms with Crippen LogP contribution in [-0.4, -0.2) is 64.3 Å². The van der Waals surface area contributed by atoms with E-state index in [4.69, 9.17) is 9.72 Å². The van der Waals surface area contributed by atoms with E-state index in [2.05, 4.69) is 4.90 Å². The van der Waals surface area contributed by atoms with Gasteiger partial charge in [0.25, 0.3) is 5.56 Å². The molecule has 1 N–H and O–H groups in total. The molecule has 0 radical (unpaired) electrons. The molecular weight excluding hydrogens is 382 g/mol. The maximum Gasteiger partial charge on any atom is 0.263 e. The fraction of sp³-hybridized carbons (Fsp3) is 0.684. The van der Waals surface area contributed by atoms with E-state index in [0.29, 0.717) is 18.8 Å². The molecule has 27 heavy (non-hydrogen) atoms. The number of hydrogen-bond acceptors (Lipinski definition) is 7. The third-order valence-electron chi connectivity index (χ3n) is 5.33. The van der Waals surface area contributed by atoms with E-state index >= 15 is 0 Å². The van der Waals surface area contributed by atoms with E-state index in [1.807, 2.05) is 6.92 Å². The Kier molecular flexibility index (Phi) is 6.18. The summed E-state index contributed by atoms with van der Waals surface area (Å²) in [5.74, 6) is 0.542. The molecule has 1 atom stereocenters. The van der Waals surface area contributed by atoms with Gasteiger partial charge in [-0.15, -0.1) is 11.3 Å². The maximum atomic E-state index is 13.1. The van der Waals surface area contributed by atoms with Crippen molar-refractivity contribution >= 4 is 33.3 Å². The predicted molar refractivity (Wildman–Crippen MR) is 110 cm³/mol. The lowest BCUT2D eigenvalue weighted by Crippen LogP contribution is -2.41. The van der Waals surface area contributed by atoms with Gasteiger partial charge in [-0.25, -0.2) is 4.98 Å². The van der Waals surface area contributed by atoms with Crippen LogP contribution in [0.3, 0.4) is 0 Å². The van der Waals surface area contributed by atoms with Crippen molar-refractivity contribution in [1.29, 1.82) is 0 Å². The highest BCUT2D eigenvalue weighted by Gasteiger charge is 2.22. The van der Waals surface area contributed by atoms with Crippen LogP contribution in [0.25, 0.3) is 10.2 Å². The van der Waals surface area contributed by atoms with Gasteiger partial charge in [-0.3, -0.25) is 14.3 Å². The monoisotopic (exact) mass is 409 g/mol. The number of thiophene rings is 1. The maximum absolute atomic E-state index is 13.1. The van der Waals surface area contributed by atoms with Crippen LogP contribution in [-0.2, 0) is 24.1 Å². The molecule has 2 aliphatic rings. The number of morpholine rings is 1. The zero-order valence-electron chi connectivity index (χ0n) is 15.8. The van der Waals surface area contributed by atoms with Gasteiger partial charge in [0.1, 0.15) is 4.83 Å². The number of aryl methyl sites for hydroxylation is 2. The Hall–Kier alpha value is -0.930. The van der Waals surface area contributed by atoms with E-state index in [1.165, 1.54) is 28.6 Å². The van der Waals surface area contributed by atoms with Gasteiger partial charge < -0.3 is 9.84 Å². The Morgan fingerprint density at radius 3 is 2.85 bits per heavy atom. The molecule has 1 saturated heterocycles. The van der Waals surface area contributed by atoms with Gasteiger partial charge in [-0.2, -0.15) is 0 Å². The second-order valence-electron chi connectivity index (χ2n) is 7.21. The molecule has 2 aromatic heterocycles. The van der Waals surface area contributed by atoms with Crippen LogP contribution in [0, 0.1) is 0 Å². The first kappa shape index (κ1) is 19.4. The molecule has 148 valence electrons. The van der Waals surface area contributed by atoms with Crippen LogP contribution in [0.15, 0.2) is 9.95 Å². The Morgan fingerprint density at radius 2 is 2.07 bits per heavy atom. The van der Waals surface area contributed by atoms with Crippen molar-refractivity contribution in [3.8, 4) is 0 Å². The fourth-order valence-electron chi connectivity index (χ4n) is 3.91. The second-order valence-corrected chi connectivity index (χ2v) is 9.28. The molecular formula is C19H27N3O3S2. The summed E-state index contributed by atoms with van der Waals surface area (Å²) in [7, 11) is 0.